The van der Waals surface area contributed by atoms with Crippen LogP contribution in [0.3, 0.4) is 0 Å². The van der Waals surface area contributed by atoms with Gasteiger partial charge in [0, 0.05) is 17.1 Å². The predicted molar refractivity (Wildman–Crippen MR) is 56.2 cm³/mol. The third-order valence-electron chi connectivity index (χ3n) is 2.40. The number of aliphatic carboxylic acids is 1. The van der Waals surface area contributed by atoms with Crippen LogP contribution in [0.4, 0.5) is 0 Å². The molecule has 16 heavy (non-hydrogen) atoms. The molecule has 0 aliphatic carbocycles. The number of H-pyrrole nitrogens is 1. The molecule has 1 aromatic heterocycles. The molecule has 3 N–H and O–H groups in total. The number of aromatic amines is 1. The summed E-state index contributed by atoms with van der Waals surface area (Å²) in [6, 6.07) is 5.08. The molecule has 0 fully saturated rings. The van der Waals surface area contributed by atoms with Crippen LogP contribution in [0.1, 0.15) is 15.9 Å². The van der Waals surface area contributed by atoms with Gasteiger partial charge in [0.05, 0.1) is 12.2 Å². The molecule has 2 aromatic rings. The number of hydrogen-bond donors (Lipinski definition) is 3. The normalized spacial score (nSPS) is 10.6. The Bertz CT molecular complexity index is 570. The van der Waals surface area contributed by atoms with E-state index in [4.69, 9.17) is 10.2 Å². The molecular weight excluding hydrogens is 210 g/mol. The molecule has 5 heteroatoms. The fourth-order valence-corrected chi connectivity index (χ4v) is 1.69. The molecular formula is C11H9NO4. The van der Waals surface area contributed by atoms with Crippen LogP contribution >= 0.6 is 0 Å². The number of carbonyl (C=O) groups is 2. The van der Waals surface area contributed by atoms with E-state index in [9.17, 15) is 9.59 Å². The quantitative estimate of drug-likeness (QED) is 0.529. The Balaban J connectivity index is 2.72. The monoisotopic (exact) mass is 219 g/mol. The van der Waals surface area contributed by atoms with Crippen LogP contribution in [0.5, 0.6) is 0 Å². The average molecular weight is 219 g/mol. The molecule has 1 aromatic carbocycles. The van der Waals surface area contributed by atoms with Crippen molar-refractivity contribution in [3.63, 3.8) is 0 Å². The number of ketones is 1. The van der Waals surface area contributed by atoms with Gasteiger partial charge in [-0.15, -0.1) is 0 Å². The van der Waals surface area contributed by atoms with Gasteiger partial charge in [0.1, 0.15) is 0 Å². The van der Waals surface area contributed by atoms with E-state index in [1.54, 1.807) is 18.2 Å². The Hall–Kier alpha value is -2.14. The summed E-state index contributed by atoms with van der Waals surface area (Å²) < 4.78 is 0. The number of rotatable bonds is 3. The number of carbonyl (C=O) groups excluding carboxylic acids is 1. The number of nitrogens with one attached hydrogen (secondary N) is 1. The number of hydrogen-bond acceptors (Lipinski definition) is 3. The number of benzene rings is 1. The maximum Gasteiger partial charge on any atom is 0.377 e. The lowest BCUT2D eigenvalue weighted by molar-refractivity contribution is -0.131. The summed E-state index contributed by atoms with van der Waals surface area (Å²) in [6.07, 6.45) is 1.35. The summed E-state index contributed by atoms with van der Waals surface area (Å²) in [4.78, 5) is 24.8. The highest BCUT2D eigenvalue weighted by Crippen LogP contribution is 2.23. The zero-order valence-electron chi connectivity index (χ0n) is 8.23. The summed E-state index contributed by atoms with van der Waals surface area (Å²) >= 11 is 0. The molecule has 1 heterocycles. The molecule has 2 rings (SSSR count). The first-order valence-electron chi connectivity index (χ1n) is 4.62. The van der Waals surface area contributed by atoms with E-state index in [-0.39, 0.29) is 12.2 Å². The lowest BCUT2D eigenvalue weighted by atomic mass is 10.0. The Labute approximate surface area is 90.3 Å². The van der Waals surface area contributed by atoms with Crippen molar-refractivity contribution in [1.82, 2.24) is 4.98 Å². The molecule has 0 aliphatic heterocycles. The second-order valence-corrected chi connectivity index (χ2v) is 3.33. The van der Waals surface area contributed by atoms with Gasteiger partial charge in [0.2, 0.25) is 0 Å². The summed E-state index contributed by atoms with van der Waals surface area (Å²) in [7, 11) is 0. The standard InChI is InChI=1S/C11H9NO4/c13-5-6-2-1-3-8-9(6)7(4-12-8)10(14)11(15)16/h1-4,12-13H,5H2,(H,15,16). The van der Waals surface area contributed by atoms with E-state index in [0.29, 0.717) is 16.5 Å². The van der Waals surface area contributed by atoms with Crippen molar-refractivity contribution in [3.05, 3.63) is 35.5 Å². The molecule has 0 atom stereocenters. The van der Waals surface area contributed by atoms with E-state index in [1.165, 1.54) is 6.20 Å². The van der Waals surface area contributed by atoms with Gasteiger partial charge in [-0.1, -0.05) is 12.1 Å². The zero-order chi connectivity index (χ0) is 11.7. The molecule has 0 spiro atoms. The van der Waals surface area contributed by atoms with Gasteiger partial charge in [0.25, 0.3) is 5.78 Å². The van der Waals surface area contributed by atoms with Crippen LogP contribution in [-0.2, 0) is 11.4 Å². The molecule has 82 valence electrons. The van der Waals surface area contributed by atoms with Crippen molar-refractivity contribution >= 4 is 22.7 Å². The molecule has 0 unspecified atom stereocenters. The summed E-state index contributed by atoms with van der Waals surface area (Å²) in [5.41, 5.74) is 1.24. The van der Waals surface area contributed by atoms with E-state index in [1.807, 2.05) is 0 Å². The van der Waals surface area contributed by atoms with E-state index in [2.05, 4.69) is 4.98 Å². The lowest BCUT2D eigenvalue weighted by Gasteiger charge is -2.00. The molecule has 0 saturated heterocycles. The first-order valence-corrected chi connectivity index (χ1v) is 4.62. The van der Waals surface area contributed by atoms with Crippen molar-refractivity contribution in [2.24, 2.45) is 0 Å². The maximum atomic E-state index is 11.4. The van der Waals surface area contributed by atoms with Crippen LogP contribution < -0.4 is 0 Å². The van der Waals surface area contributed by atoms with Crippen LogP contribution in [0.15, 0.2) is 24.4 Å². The van der Waals surface area contributed by atoms with Gasteiger partial charge < -0.3 is 15.2 Å². The molecule has 0 bridgehead atoms. The SMILES string of the molecule is O=C(O)C(=O)c1c[nH]c2cccc(CO)c12. The summed E-state index contributed by atoms with van der Waals surface area (Å²) in [6.45, 7) is -0.241. The number of carboxylic acid groups (broad SMARTS) is 1. The molecule has 0 radical (unpaired) electrons. The molecule has 0 aliphatic rings. The van der Waals surface area contributed by atoms with E-state index < -0.39 is 11.8 Å². The number of fused-ring (bicyclic) bond motifs is 1. The third-order valence-corrected chi connectivity index (χ3v) is 2.40. The van der Waals surface area contributed by atoms with Gasteiger partial charge in [-0.2, -0.15) is 0 Å². The fraction of sp³-hybridized carbons (Fsp3) is 0.0909. The van der Waals surface area contributed by atoms with E-state index in [0.717, 1.165) is 0 Å². The van der Waals surface area contributed by atoms with Gasteiger partial charge >= 0.3 is 5.97 Å². The second kappa shape index (κ2) is 3.79. The first kappa shape index (κ1) is 10.4. The minimum atomic E-state index is -1.51. The van der Waals surface area contributed by atoms with Gasteiger partial charge in [-0.05, 0) is 11.6 Å². The lowest BCUT2D eigenvalue weighted by Crippen LogP contribution is -2.12. The van der Waals surface area contributed by atoms with Gasteiger partial charge in [-0.25, -0.2) is 4.79 Å². The highest BCUT2D eigenvalue weighted by molar-refractivity contribution is 6.42. The fourth-order valence-electron chi connectivity index (χ4n) is 1.69. The number of aliphatic hydroxyl groups excluding tert-OH is 1. The Morgan fingerprint density at radius 3 is 2.69 bits per heavy atom. The Morgan fingerprint density at radius 1 is 1.31 bits per heavy atom. The van der Waals surface area contributed by atoms with Gasteiger partial charge in [-0.3, -0.25) is 4.79 Å². The highest BCUT2D eigenvalue weighted by Gasteiger charge is 2.20. The van der Waals surface area contributed by atoms with Crippen molar-refractivity contribution in [2.75, 3.05) is 0 Å². The topological polar surface area (TPSA) is 90.4 Å². The smallest absolute Gasteiger partial charge is 0.377 e. The van der Waals surface area contributed by atoms with Crippen LogP contribution in [0, 0.1) is 0 Å². The van der Waals surface area contributed by atoms with Gasteiger partial charge in [0.15, 0.2) is 0 Å². The highest BCUT2D eigenvalue weighted by atomic mass is 16.4. The number of aliphatic hydroxyl groups is 1. The van der Waals surface area contributed by atoms with Crippen molar-refractivity contribution in [1.29, 1.82) is 0 Å². The largest absolute Gasteiger partial charge is 0.475 e. The predicted octanol–water partition coefficient (Wildman–Crippen LogP) is 0.927. The van der Waals surface area contributed by atoms with Crippen LogP contribution in [0.2, 0.25) is 0 Å². The summed E-state index contributed by atoms with van der Waals surface area (Å²) in [5.74, 6) is -2.49. The van der Waals surface area contributed by atoms with Crippen LogP contribution in [0.25, 0.3) is 10.9 Å². The number of Topliss-reactive ketones (excluding diaryl/α,β-unsaturated/α-hetero) is 1. The minimum absolute atomic E-state index is 0.0761. The van der Waals surface area contributed by atoms with E-state index >= 15 is 0 Å². The van der Waals surface area contributed by atoms with Crippen molar-refractivity contribution < 1.29 is 19.8 Å². The zero-order valence-corrected chi connectivity index (χ0v) is 8.23. The Kier molecular flexibility index (Phi) is 2.46. The first-order chi connectivity index (χ1) is 7.65. The third kappa shape index (κ3) is 1.47. The summed E-state index contributed by atoms with van der Waals surface area (Å²) in [5, 5.41) is 18.2. The number of aromatic nitrogens is 1. The molecule has 5 nitrogen and oxygen atoms in total. The van der Waals surface area contributed by atoms with Crippen molar-refractivity contribution in [2.45, 2.75) is 6.61 Å². The maximum absolute atomic E-state index is 11.4. The van der Waals surface area contributed by atoms with Crippen molar-refractivity contribution in [3.8, 4) is 0 Å². The molecule has 0 saturated carbocycles. The second-order valence-electron chi connectivity index (χ2n) is 3.33. The Morgan fingerprint density at radius 2 is 2.06 bits per heavy atom. The minimum Gasteiger partial charge on any atom is -0.475 e. The number of carboxylic acids is 1. The van der Waals surface area contributed by atoms with Crippen LogP contribution in [-0.4, -0.2) is 26.9 Å². The average Bonchev–Trinajstić information content (AvgIpc) is 2.71. The molecule has 0 amide bonds.